The molecule has 0 aliphatic carbocycles. The molecular formula is C15H22N2O. The first kappa shape index (κ1) is 11.8. The lowest BCUT2D eigenvalue weighted by atomic mass is 9.95. The van der Waals surface area contributed by atoms with Crippen molar-refractivity contribution in [2.75, 3.05) is 38.2 Å². The van der Waals surface area contributed by atoms with Gasteiger partial charge in [-0.1, -0.05) is 0 Å². The summed E-state index contributed by atoms with van der Waals surface area (Å²) in [5.41, 5.74) is 2.91. The fourth-order valence-corrected chi connectivity index (χ4v) is 3.15. The molecule has 2 heterocycles. The lowest BCUT2D eigenvalue weighted by molar-refractivity contribution is 0.414. The Balaban J connectivity index is 1.94. The molecule has 1 N–H and O–H groups in total. The molecule has 3 heteroatoms. The number of hydrogen-bond donors (Lipinski definition) is 1. The molecule has 98 valence electrons. The molecule has 3 nitrogen and oxygen atoms in total. The van der Waals surface area contributed by atoms with E-state index in [9.17, 15) is 0 Å². The smallest absolute Gasteiger partial charge is 0.119 e. The van der Waals surface area contributed by atoms with Crippen molar-refractivity contribution in [3.05, 3.63) is 23.8 Å². The number of nitrogens with zero attached hydrogens (tertiary/aromatic N) is 1. The summed E-state index contributed by atoms with van der Waals surface area (Å²) in [6.07, 6.45) is 3.90. The second-order valence-electron chi connectivity index (χ2n) is 5.31. The molecule has 2 aliphatic heterocycles. The highest BCUT2D eigenvalue weighted by Crippen LogP contribution is 2.35. The molecule has 2 saturated heterocycles. The van der Waals surface area contributed by atoms with Crippen LogP contribution in [0, 0.1) is 0 Å². The van der Waals surface area contributed by atoms with E-state index in [0.717, 1.165) is 18.8 Å². The first-order valence-electron chi connectivity index (χ1n) is 7.02. The van der Waals surface area contributed by atoms with Gasteiger partial charge >= 0.3 is 0 Å². The molecule has 18 heavy (non-hydrogen) atoms. The Hall–Kier alpha value is -1.22. The number of benzene rings is 1. The van der Waals surface area contributed by atoms with Crippen LogP contribution in [0.1, 0.15) is 30.7 Å². The Morgan fingerprint density at radius 3 is 2.78 bits per heavy atom. The number of methoxy groups -OCH3 is 1. The Labute approximate surface area is 109 Å². The van der Waals surface area contributed by atoms with Gasteiger partial charge in [-0.15, -0.1) is 0 Å². The van der Waals surface area contributed by atoms with Gasteiger partial charge in [-0.05, 0) is 55.5 Å². The zero-order valence-corrected chi connectivity index (χ0v) is 11.1. The molecule has 0 bridgehead atoms. The van der Waals surface area contributed by atoms with Crippen molar-refractivity contribution in [3.63, 3.8) is 0 Å². The monoisotopic (exact) mass is 246 g/mol. The van der Waals surface area contributed by atoms with Gasteiger partial charge in [0.25, 0.3) is 0 Å². The second-order valence-corrected chi connectivity index (χ2v) is 5.31. The minimum absolute atomic E-state index is 0.649. The average molecular weight is 246 g/mol. The molecule has 1 aromatic carbocycles. The van der Waals surface area contributed by atoms with Crippen molar-refractivity contribution >= 4 is 5.69 Å². The van der Waals surface area contributed by atoms with Gasteiger partial charge in [0, 0.05) is 25.3 Å². The van der Waals surface area contributed by atoms with Crippen LogP contribution in [0.25, 0.3) is 0 Å². The van der Waals surface area contributed by atoms with Crippen molar-refractivity contribution in [1.82, 2.24) is 5.32 Å². The molecule has 1 aromatic rings. The lowest BCUT2D eigenvalue weighted by Crippen LogP contribution is -2.20. The van der Waals surface area contributed by atoms with E-state index in [-0.39, 0.29) is 0 Å². The van der Waals surface area contributed by atoms with Gasteiger partial charge in [0.15, 0.2) is 0 Å². The Morgan fingerprint density at radius 1 is 1.28 bits per heavy atom. The molecule has 0 spiro atoms. The molecule has 0 saturated carbocycles. The molecular weight excluding hydrogens is 224 g/mol. The first-order chi connectivity index (χ1) is 8.88. The minimum atomic E-state index is 0.649. The predicted molar refractivity (Wildman–Crippen MR) is 74.7 cm³/mol. The van der Waals surface area contributed by atoms with E-state index in [1.54, 1.807) is 7.11 Å². The summed E-state index contributed by atoms with van der Waals surface area (Å²) in [4.78, 5) is 2.53. The SMILES string of the molecule is COc1ccc(N2CCCC2)c(C2CCNC2)c1. The van der Waals surface area contributed by atoms with E-state index in [4.69, 9.17) is 4.74 Å². The summed E-state index contributed by atoms with van der Waals surface area (Å²) < 4.78 is 5.39. The number of anilines is 1. The van der Waals surface area contributed by atoms with Crippen molar-refractivity contribution < 1.29 is 4.74 Å². The Morgan fingerprint density at radius 2 is 2.11 bits per heavy atom. The molecule has 1 unspecified atom stereocenters. The van der Waals surface area contributed by atoms with Crippen molar-refractivity contribution in [3.8, 4) is 5.75 Å². The highest BCUT2D eigenvalue weighted by molar-refractivity contribution is 5.58. The maximum atomic E-state index is 5.39. The largest absolute Gasteiger partial charge is 0.497 e. The van der Waals surface area contributed by atoms with Crippen LogP contribution in [0.4, 0.5) is 5.69 Å². The summed E-state index contributed by atoms with van der Waals surface area (Å²) in [5, 5.41) is 3.47. The Bertz CT molecular complexity index is 407. The number of rotatable bonds is 3. The van der Waals surface area contributed by atoms with Gasteiger partial charge in [-0.3, -0.25) is 0 Å². The normalized spacial score (nSPS) is 23.6. The molecule has 1 atom stereocenters. The second kappa shape index (κ2) is 5.19. The van der Waals surface area contributed by atoms with Crippen LogP contribution in [-0.4, -0.2) is 33.3 Å². The van der Waals surface area contributed by atoms with E-state index in [2.05, 4.69) is 28.4 Å². The number of hydrogen-bond acceptors (Lipinski definition) is 3. The van der Waals surface area contributed by atoms with Crippen LogP contribution in [0.2, 0.25) is 0 Å². The first-order valence-corrected chi connectivity index (χ1v) is 7.02. The lowest BCUT2D eigenvalue weighted by Gasteiger charge is -2.24. The van der Waals surface area contributed by atoms with Gasteiger partial charge in [-0.2, -0.15) is 0 Å². The van der Waals surface area contributed by atoms with Gasteiger partial charge < -0.3 is 15.0 Å². The third-order valence-corrected chi connectivity index (χ3v) is 4.18. The van der Waals surface area contributed by atoms with Gasteiger partial charge in [0.2, 0.25) is 0 Å². The number of ether oxygens (including phenoxy) is 1. The standard InChI is InChI=1S/C15H22N2O/c1-18-13-4-5-15(17-8-2-3-9-17)14(10-13)12-6-7-16-11-12/h4-5,10,12,16H,2-3,6-9,11H2,1H3. The van der Waals surface area contributed by atoms with Crippen LogP contribution in [0.5, 0.6) is 5.75 Å². The highest BCUT2D eigenvalue weighted by Gasteiger charge is 2.23. The summed E-state index contributed by atoms with van der Waals surface area (Å²) >= 11 is 0. The van der Waals surface area contributed by atoms with Crippen LogP contribution in [0.15, 0.2) is 18.2 Å². The zero-order valence-electron chi connectivity index (χ0n) is 11.1. The topological polar surface area (TPSA) is 24.5 Å². The third-order valence-electron chi connectivity index (χ3n) is 4.18. The van der Waals surface area contributed by atoms with E-state index in [1.165, 1.54) is 43.6 Å². The maximum absolute atomic E-state index is 5.39. The van der Waals surface area contributed by atoms with Gasteiger partial charge in [-0.25, -0.2) is 0 Å². The Kier molecular flexibility index (Phi) is 3.41. The molecule has 0 amide bonds. The minimum Gasteiger partial charge on any atom is -0.497 e. The quantitative estimate of drug-likeness (QED) is 0.886. The molecule has 0 radical (unpaired) electrons. The summed E-state index contributed by atoms with van der Waals surface area (Å²) in [7, 11) is 1.75. The molecule has 2 aliphatic rings. The van der Waals surface area contributed by atoms with Crippen LogP contribution in [-0.2, 0) is 0 Å². The predicted octanol–water partition coefficient (Wildman–Crippen LogP) is 2.37. The molecule has 3 rings (SSSR count). The van der Waals surface area contributed by atoms with Crippen LogP contribution in [0.3, 0.4) is 0 Å². The summed E-state index contributed by atoms with van der Waals surface area (Å²) in [5.74, 6) is 1.63. The van der Waals surface area contributed by atoms with E-state index in [0.29, 0.717) is 5.92 Å². The third kappa shape index (κ3) is 2.19. The van der Waals surface area contributed by atoms with Crippen molar-refractivity contribution in [2.45, 2.75) is 25.2 Å². The van der Waals surface area contributed by atoms with E-state index in [1.807, 2.05) is 0 Å². The van der Waals surface area contributed by atoms with Crippen LogP contribution >= 0.6 is 0 Å². The van der Waals surface area contributed by atoms with Gasteiger partial charge in [0.05, 0.1) is 7.11 Å². The zero-order chi connectivity index (χ0) is 12.4. The average Bonchev–Trinajstić information content (AvgIpc) is 3.11. The maximum Gasteiger partial charge on any atom is 0.119 e. The molecule has 2 fully saturated rings. The van der Waals surface area contributed by atoms with Gasteiger partial charge in [0.1, 0.15) is 5.75 Å². The van der Waals surface area contributed by atoms with Crippen molar-refractivity contribution in [1.29, 1.82) is 0 Å². The fraction of sp³-hybridized carbons (Fsp3) is 0.600. The van der Waals surface area contributed by atoms with Crippen molar-refractivity contribution in [2.24, 2.45) is 0 Å². The molecule has 0 aromatic heterocycles. The summed E-state index contributed by atoms with van der Waals surface area (Å²) in [6, 6.07) is 6.59. The number of nitrogens with one attached hydrogen (secondary N) is 1. The highest BCUT2D eigenvalue weighted by atomic mass is 16.5. The fourth-order valence-electron chi connectivity index (χ4n) is 3.15. The van der Waals surface area contributed by atoms with Crippen LogP contribution < -0.4 is 15.0 Å². The van der Waals surface area contributed by atoms with E-state index < -0.39 is 0 Å². The summed E-state index contributed by atoms with van der Waals surface area (Å²) in [6.45, 7) is 4.66. The van der Waals surface area contributed by atoms with E-state index >= 15 is 0 Å².